The molecule has 0 saturated carbocycles. The summed E-state index contributed by atoms with van der Waals surface area (Å²) >= 11 is 0. The van der Waals surface area contributed by atoms with Crippen molar-refractivity contribution >= 4 is 33.8 Å². The van der Waals surface area contributed by atoms with Gasteiger partial charge in [-0.05, 0) is 104 Å². The molecule has 0 aliphatic carbocycles. The first kappa shape index (κ1) is 41.8. The highest BCUT2D eigenvalue weighted by Gasteiger charge is 2.41. The summed E-state index contributed by atoms with van der Waals surface area (Å²) < 4.78 is 7.29. The van der Waals surface area contributed by atoms with Crippen LogP contribution in [0.15, 0.2) is 105 Å². The number of hydrogen-bond donors (Lipinski definition) is 5. The number of carbonyl (C=O) groups is 1. The zero-order valence-electron chi connectivity index (χ0n) is 32.0. The van der Waals surface area contributed by atoms with E-state index in [-0.39, 0.29) is 38.8 Å². The first-order valence-corrected chi connectivity index (χ1v) is 19.5. The number of rotatable bonds is 14. The monoisotopic (exact) mass is 797 g/mol. The smallest absolute Gasteiger partial charge is 0.419 e. The topological polar surface area (TPSA) is 164 Å². The van der Waals surface area contributed by atoms with Gasteiger partial charge in [-0.1, -0.05) is 61.0 Å². The third-order valence-corrected chi connectivity index (χ3v) is 11.6. The lowest BCUT2D eigenvalue weighted by Crippen LogP contribution is -2.59. The number of aromatic nitrogens is 2. The van der Waals surface area contributed by atoms with E-state index >= 15 is 0 Å². The third-order valence-electron chi connectivity index (χ3n) is 11.6. The van der Waals surface area contributed by atoms with E-state index in [1.54, 1.807) is 21.6 Å². The molecule has 14 heteroatoms. The molecule has 3 saturated heterocycles. The van der Waals surface area contributed by atoms with Gasteiger partial charge >= 0.3 is 11.8 Å². The van der Waals surface area contributed by atoms with E-state index in [1.165, 1.54) is 12.1 Å². The molecular weight excluding hydrogens is 749 g/mol. The second-order valence-electron chi connectivity index (χ2n) is 15.1. The summed E-state index contributed by atoms with van der Waals surface area (Å²) in [6.07, 6.45) is 3.61. The number of oxazole rings is 1. The Bertz CT molecular complexity index is 2480. The van der Waals surface area contributed by atoms with Crippen molar-refractivity contribution in [3.63, 3.8) is 0 Å². The number of carboxylic acid groups (broad SMARTS) is 1. The van der Waals surface area contributed by atoms with E-state index in [2.05, 4.69) is 33.4 Å². The number of halogens is 2. The Morgan fingerprint density at radius 3 is 2.43 bits per heavy atom. The molecule has 0 spiro atoms. The maximum absolute atomic E-state index is 12.9. The summed E-state index contributed by atoms with van der Waals surface area (Å²) in [5.41, 5.74) is 6.42. The van der Waals surface area contributed by atoms with E-state index in [1.807, 2.05) is 48.5 Å². The van der Waals surface area contributed by atoms with Gasteiger partial charge in [-0.15, -0.1) is 0 Å². The van der Waals surface area contributed by atoms with E-state index in [0.717, 1.165) is 91.6 Å². The van der Waals surface area contributed by atoms with Crippen molar-refractivity contribution in [1.82, 2.24) is 19.8 Å². The summed E-state index contributed by atoms with van der Waals surface area (Å²) in [6.45, 7) is 4.02. The number of aromatic amines is 1. The second-order valence-corrected chi connectivity index (χ2v) is 15.1. The molecule has 2 aromatic heterocycles. The number of hydrogen-bond acceptors (Lipinski definition) is 8. The Hall–Kier alpha value is -5.83. The highest BCUT2D eigenvalue weighted by Crippen LogP contribution is 2.39. The molecule has 1 amide bonds. The van der Waals surface area contributed by atoms with Gasteiger partial charge in [0.15, 0.2) is 5.58 Å². The van der Waals surface area contributed by atoms with Crippen LogP contribution >= 0.6 is 0 Å². The molecule has 3 aliphatic heterocycles. The van der Waals surface area contributed by atoms with Gasteiger partial charge in [0.25, 0.3) is 0 Å². The maximum Gasteiger partial charge on any atom is 0.419 e. The summed E-state index contributed by atoms with van der Waals surface area (Å²) in [4.78, 5) is 44.2. The summed E-state index contributed by atoms with van der Waals surface area (Å²) in [5.74, 6) is -0.101. The van der Waals surface area contributed by atoms with Crippen LogP contribution in [0.4, 0.5) is 19.9 Å². The zero-order valence-corrected chi connectivity index (χ0v) is 32.0. The van der Waals surface area contributed by atoms with Crippen molar-refractivity contribution < 1.29 is 33.9 Å². The number of amides is 1. The Morgan fingerprint density at radius 1 is 0.914 bits per heavy atom. The molecule has 6 aromatic rings. The quantitative estimate of drug-likeness (QED) is 0.0736. The highest BCUT2D eigenvalue weighted by atomic mass is 19.0. The van der Waals surface area contributed by atoms with Crippen LogP contribution in [0.5, 0.6) is 5.75 Å². The third kappa shape index (κ3) is 8.69. The highest BCUT2D eigenvalue weighted by molar-refractivity contribution is 5.94. The molecule has 5 heterocycles. The van der Waals surface area contributed by atoms with Gasteiger partial charge in [0.05, 0.1) is 28.9 Å². The number of fused-ring (bicyclic) bond motifs is 5. The Kier molecular flexibility index (Phi) is 13.1. The van der Waals surface area contributed by atoms with Gasteiger partial charge in [-0.25, -0.2) is 9.59 Å². The fourth-order valence-corrected chi connectivity index (χ4v) is 8.66. The average molecular weight is 798 g/mol. The van der Waals surface area contributed by atoms with Crippen molar-refractivity contribution in [3.8, 4) is 16.9 Å². The minimum atomic E-state index is -0.905. The van der Waals surface area contributed by atoms with Crippen LogP contribution in [0.25, 0.3) is 33.1 Å². The van der Waals surface area contributed by atoms with Crippen LogP contribution in [0.3, 0.4) is 0 Å². The Morgan fingerprint density at radius 2 is 1.69 bits per heavy atom. The number of nitrogens with zero attached hydrogens (tertiary/aromatic N) is 3. The molecule has 9 rings (SSSR count). The molecule has 306 valence electrons. The van der Waals surface area contributed by atoms with Crippen LogP contribution < -0.4 is 21.5 Å². The second kappa shape index (κ2) is 18.2. The number of aryl methyl sites for hydroxylation is 2. The average Bonchev–Trinajstić information content (AvgIpc) is 3.52. The Balaban J connectivity index is 0.00000283. The standard InChI is InChI=1S/C44H47N5O7.2FH/c50-38-16-13-33(34-14-17-41(52)46-42(34)38)39(51)26-45-25-29-11-15-35-40(24-29)56-44(55)48(35)20-6-2-3-7-28-10-12-32(30-8-4-1-5-9-30)36(23-28)49(43(53)54)37-27-47-21-18-31(37)19-22-47;;/h1,4-5,8-17,23-24,31,37,39,45,50-51H,2-3,6-7,18-22,25-27H2,(H,46,52)(H,53,54);2*1H/t37-,39+;;/m0../s1. The number of H-pyrrole nitrogens is 1. The number of aromatic hydroxyl groups is 1. The number of aliphatic hydroxyl groups is 1. The molecule has 5 N–H and O–H groups in total. The molecule has 0 radical (unpaired) electrons. The molecular formula is C44H49F2N5O7. The number of phenols is 1. The number of unbranched alkanes of at least 4 members (excludes halogenated alkanes) is 2. The predicted molar refractivity (Wildman–Crippen MR) is 221 cm³/mol. The van der Waals surface area contributed by atoms with Crippen LogP contribution in [-0.2, 0) is 19.5 Å². The van der Waals surface area contributed by atoms with Crippen LogP contribution in [0, 0.1) is 5.92 Å². The minimum absolute atomic E-state index is 0. The van der Waals surface area contributed by atoms with E-state index in [0.29, 0.717) is 35.5 Å². The molecule has 3 aliphatic rings. The molecule has 2 atom stereocenters. The van der Waals surface area contributed by atoms with Crippen LogP contribution in [-0.4, -0.2) is 68.1 Å². The van der Waals surface area contributed by atoms with Crippen LogP contribution in [0.1, 0.15) is 54.9 Å². The Labute approximate surface area is 333 Å². The summed E-state index contributed by atoms with van der Waals surface area (Å²) in [6, 6.07) is 27.9. The van der Waals surface area contributed by atoms with Gasteiger partial charge < -0.3 is 34.9 Å². The van der Waals surface area contributed by atoms with E-state index in [4.69, 9.17) is 4.42 Å². The fraction of sp³-hybridized carbons (Fsp3) is 0.341. The van der Waals surface area contributed by atoms with Crippen molar-refractivity contribution in [2.45, 2.75) is 63.8 Å². The number of aliphatic hydroxyl groups excluding tert-OH is 1. The zero-order chi connectivity index (χ0) is 38.8. The van der Waals surface area contributed by atoms with Gasteiger partial charge in [-0.2, -0.15) is 0 Å². The molecule has 58 heavy (non-hydrogen) atoms. The van der Waals surface area contributed by atoms with Gasteiger partial charge in [0, 0.05) is 43.2 Å². The SMILES string of the molecule is F.F.O=C(O)N(c1cc(CCCCCn2c(=O)oc3cc(CNC[C@@H](O)c4ccc(O)c5[nH]c(=O)ccc45)ccc32)ccc1-c1ccccc1)[C@H]1CN2CCC1CC2. The number of pyridine rings is 1. The van der Waals surface area contributed by atoms with Crippen molar-refractivity contribution in [2.75, 3.05) is 31.1 Å². The predicted octanol–water partition coefficient (Wildman–Crippen LogP) is 6.93. The lowest BCUT2D eigenvalue weighted by Gasteiger charge is -2.48. The fourth-order valence-electron chi connectivity index (χ4n) is 8.66. The molecule has 0 unspecified atom stereocenters. The molecule has 3 fully saturated rings. The van der Waals surface area contributed by atoms with Gasteiger partial charge in [-0.3, -0.25) is 23.7 Å². The number of anilines is 1. The maximum atomic E-state index is 12.9. The lowest BCUT2D eigenvalue weighted by molar-refractivity contribution is 0.0837. The number of phenolic OH excluding ortho intramolecular Hbond substituents is 1. The molecule has 2 bridgehead atoms. The summed E-state index contributed by atoms with van der Waals surface area (Å²) in [7, 11) is 0. The van der Waals surface area contributed by atoms with Crippen LogP contribution in [0.2, 0.25) is 0 Å². The number of piperidine rings is 3. The van der Waals surface area contributed by atoms with Gasteiger partial charge in [0.1, 0.15) is 5.75 Å². The van der Waals surface area contributed by atoms with Gasteiger partial charge in [0.2, 0.25) is 5.56 Å². The van der Waals surface area contributed by atoms with Crippen molar-refractivity contribution in [1.29, 1.82) is 0 Å². The van der Waals surface area contributed by atoms with Crippen molar-refractivity contribution in [3.05, 3.63) is 129 Å². The lowest BCUT2D eigenvalue weighted by atomic mass is 9.82. The molecule has 4 aromatic carbocycles. The summed E-state index contributed by atoms with van der Waals surface area (Å²) in [5, 5.41) is 35.5. The molecule has 12 nitrogen and oxygen atoms in total. The normalized spacial score (nSPS) is 17.8. The first-order chi connectivity index (χ1) is 27.2. The largest absolute Gasteiger partial charge is 0.506 e. The van der Waals surface area contributed by atoms with Crippen molar-refractivity contribution in [2.24, 2.45) is 5.92 Å². The number of nitrogens with one attached hydrogen (secondary N) is 2. The van der Waals surface area contributed by atoms with E-state index < -0.39 is 18.0 Å². The minimum Gasteiger partial charge on any atom is -0.506 e. The number of benzene rings is 4. The van der Waals surface area contributed by atoms with E-state index in [9.17, 15) is 29.7 Å². The first-order valence-electron chi connectivity index (χ1n) is 19.5.